The zero-order chi connectivity index (χ0) is 14.6. The minimum atomic E-state index is -0.421. The van der Waals surface area contributed by atoms with Gasteiger partial charge >= 0.3 is 5.97 Å². The van der Waals surface area contributed by atoms with Crippen molar-refractivity contribution in [3.05, 3.63) is 33.9 Å². The Balaban J connectivity index is 3.20. The van der Waals surface area contributed by atoms with E-state index in [9.17, 15) is 14.9 Å². The summed E-state index contributed by atoms with van der Waals surface area (Å²) in [6, 6.07) is 4.87. The van der Waals surface area contributed by atoms with E-state index < -0.39 is 4.92 Å². The van der Waals surface area contributed by atoms with Gasteiger partial charge in [-0.05, 0) is 26.8 Å². The standard InChI is InChI=1S/C13H18N2O4/c1-9(2)14(8-13(16)19-4)11-6-5-7-12(10(11)3)15(17)18/h5-7,9H,8H2,1-4H3. The summed E-state index contributed by atoms with van der Waals surface area (Å²) >= 11 is 0. The normalized spacial score (nSPS) is 10.4. The fourth-order valence-corrected chi connectivity index (χ4v) is 1.87. The lowest BCUT2D eigenvalue weighted by atomic mass is 10.1. The van der Waals surface area contributed by atoms with Gasteiger partial charge in [0.15, 0.2) is 0 Å². The zero-order valence-corrected chi connectivity index (χ0v) is 11.5. The minimum Gasteiger partial charge on any atom is -0.468 e. The molecule has 0 heterocycles. The van der Waals surface area contributed by atoms with Gasteiger partial charge in [-0.15, -0.1) is 0 Å². The highest BCUT2D eigenvalue weighted by molar-refractivity contribution is 5.77. The fraction of sp³-hybridized carbons (Fsp3) is 0.462. The summed E-state index contributed by atoms with van der Waals surface area (Å²) in [5.41, 5.74) is 1.27. The number of carbonyl (C=O) groups excluding carboxylic acids is 1. The van der Waals surface area contributed by atoms with Gasteiger partial charge in [-0.3, -0.25) is 14.9 Å². The Morgan fingerprint density at radius 1 is 1.47 bits per heavy atom. The van der Waals surface area contributed by atoms with Crippen molar-refractivity contribution in [3.8, 4) is 0 Å². The summed E-state index contributed by atoms with van der Waals surface area (Å²) < 4.78 is 4.66. The SMILES string of the molecule is COC(=O)CN(c1cccc([N+](=O)[O-])c1C)C(C)C. The molecule has 1 rings (SSSR count). The van der Waals surface area contributed by atoms with Crippen LogP contribution in [-0.4, -0.2) is 30.6 Å². The molecule has 0 atom stereocenters. The van der Waals surface area contributed by atoms with Gasteiger partial charge in [-0.2, -0.15) is 0 Å². The monoisotopic (exact) mass is 266 g/mol. The molecule has 0 spiro atoms. The van der Waals surface area contributed by atoms with E-state index in [1.54, 1.807) is 24.0 Å². The van der Waals surface area contributed by atoms with Gasteiger partial charge in [0.25, 0.3) is 5.69 Å². The number of benzene rings is 1. The maximum Gasteiger partial charge on any atom is 0.325 e. The third kappa shape index (κ3) is 3.43. The van der Waals surface area contributed by atoms with Crippen molar-refractivity contribution in [1.82, 2.24) is 0 Å². The number of ether oxygens (including phenoxy) is 1. The number of esters is 1. The highest BCUT2D eigenvalue weighted by atomic mass is 16.6. The molecule has 1 aromatic rings. The summed E-state index contributed by atoms with van der Waals surface area (Å²) in [4.78, 5) is 23.7. The lowest BCUT2D eigenvalue weighted by molar-refractivity contribution is -0.385. The Hall–Kier alpha value is -2.11. The molecule has 6 nitrogen and oxygen atoms in total. The van der Waals surface area contributed by atoms with Crippen molar-refractivity contribution in [1.29, 1.82) is 0 Å². The number of hydrogen-bond acceptors (Lipinski definition) is 5. The molecule has 0 bridgehead atoms. The predicted molar refractivity (Wildman–Crippen MR) is 72.3 cm³/mol. The molecule has 0 fully saturated rings. The number of anilines is 1. The Labute approximate surface area is 112 Å². The molecular weight excluding hydrogens is 248 g/mol. The third-order valence-electron chi connectivity index (χ3n) is 2.93. The lowest BCUT2D eigenvalue weighted by Gasteiger charge is -2.28. The van der Waals surface area contributed by atoms with E-state index in [0.29, 0.717) is 11.3 Å². The van der Waals surface area contributed by atoms with E-state index in [1.807, 2.05) is 13.8 Å². The van der Waals surface area contributed by atoms with Crippen LogP contribution in [0.1, 0.15) is 19.4 Å². The first-order chi connectivity index (χ1) is 8.88. The maximum absolute atomic E-state index is 11.4. The average Bonchev–Trinajstić information content (AvgIpc) is 2.35. The molecule has 0 N–H and O–H groups in total. The summed E-state index contributed by atoms with van der Waals surface area (Å²) in [5, 5.41) is 10.9. The molecule has 0 aromatic heterocycles. The van der Waals surface area contributed by atoms with Crippen molar-refractivity contribution < 1.29 is 14.5 Å². The van der Waals surface area contributed by atoms with Crippen LogP contribution in [0.5, 0.6) is 0 Å². The molecule has 0 saturated heterocycles. The van der Waals surface area contributed by atoms with Crippen LogP contribution in [0.3, 0.4) is 0 Å². The van der Waals surface area contributed by atoms with Crippen molar-refractivity contribution >= 4 is 17.3 Å². The van der Waals surface area contributed by atoms with Gasteiger partial charge < -0.3 is 9.64 Å². The van der Waals surface area contributed by atoms with Gasteiger partial charge in [0.2, 0.25) is 0 Å². The summed E-state index contributed by atoms with van der Waals surface area (Å²) in [6.45, 7) is 5.58. The summed E-state index contributed by atoms with van der Waals surface area (Å²) in [5.74, 6) is -0.375. The first kappa shape index (κ1) is 14.9. The average molecular weight is 266 g/mol. The molecule has 104 valence electrons. The Kier molecular flexibility index (Phi) is 4.86. The lowest BCUT2D eigenvalue weighted by Crippen LogP contribution is -2.36. The molecule has 0 saturated carbocycles. The number of nitro benzene ring substituents is 1. The molecule has 0 unspecified atom stereocenters. The second-order valence-electron chi connectivity index (χ2n) is 4.48. The van der Waals surface area contributed by atoms with Gasteiger partial charge in [0.1, 0.15) is 6.54 Å². The topological polar surface area (TPSA) is 72.7 Å². The number of carbonyl (C=O) groups is 1. The van der Waals surface area contributed by atoms with Crippen LogP contribution < -0.4 is 4.90 Å². The second-order valence-corrected chi connectivity index (χ2v) is 4.48. The number of nitro groups is 1. The van der Waals surface area contributed by atoms with Crippen molar-refractivity contribution in [2.24, 2.45) is 0 Å². The van der Waals surface area contributed by atoms with Gasteiger partial charge in [0.05, 0.1) is 17.6 Å². The van der Waals surface area contributed by atoms with Crippen LogP contribution in [-0.2, 0) is 9.53 Å². The minimum absolute atomic E-state index is 0.0276. The van der Waals surface area contributed by atoms with Crippen LogP contribution >= 0.6 is 0 Å². The Morgan fingerprint density at radius 3 is 2.58 bits per heavy atom. The zero-order valence-electron chi connectivity index (χ0n) is 11.5. The smallest absolute Gasteiger partial charge is 0.325 e. The van der Waals surface area contributed by atoms with Crippen molar-refractivity contribution in [2.75, 3.05) is 18.6 Å². The van der Waals surface area contributed by atoms with E-state index in [-0.39, 0.29) is 24.2 Å². The van der Waals surface area contributed by atoms with Gasteiger partial charge in [-0.1, -0.05) is 6.07 Å². The molecule has 0 aliphatic carbocycles. The largest absolute Gasteiger partial charge is 0.468 e. The third-order valence-corrected chi connectivity index (χ3v) is 2.93. The number of hydrogen-bond donors (Lipinski definition) is 0. The first-order valence-corrected chi connectivity index (χ1v) is 5.96. The predicted octanol–water partition coefficient (Wildman–Crippen LogP) is 2.29. The Morgan fingerprint density at radius 2 is 2.11 bits per heavy atom. The van der Waals surface area contributed by atoms with Crippen molar-refractivity contribution in [2.45, 2.75) is 26.8 Å². The van der Waals surface area contributed by atoms with Crippen molar-refractivity contribution in [3.63, 3.8) is 0 Å². The molecule has 0 aliphatic rings. The summed E-state index contributed by atoms with van der Waals surface area (Å²) in [7, 11) is 1.32. The molecule has 6 heteroatoms. The fourth-order valence-electron chi connectivity index (χ4n) is 1.87. The molecule has 0 aliphatic heterocycles. The highest BCUT2D eigenvalue weighted by Crippen LogP contribution is 2.29. The number of rotatable bonds is 5. The molecule has 0 amide bonds. The van der Waals surface area contributed by atoms with Crippen LogP contribution in [0.4, 0.5) is 11.4 Å². The van der Waals surface area contributed by atoms with Crippen LogP contribution in [0, 0.1) is 17.0 Å². The quantitative estimate of drug-likeness (QED) is 0.464. The maximum atomic E-state index is 11.4. The number of methoxy groups -OCH3 is 1. The summed E-state index contributed by atoms with van der Waals surface area (Å²) in [6.07, 6.45) is 0. The molecule has 19 heavy (non-hydrogen) atoms. The highest BCUT2D eigenvalue weighted by Gasteiger charge is 2.21. The molecule has 0 radical (unpaired) electrons. The van der Waals surface area contributed by atoms with E-state index in [0.717, 1.165) is 0 Å². The van der Waals surface area contributed by atoms with Crippen LogP contribution in [0.2, 0.25) is 0 Å². The van der Waals surface area contributed by atoms with Gasteiger partial charge in [0, 0.05) is 17.8 Å². The van der Waals surface area contributed by atoms with E-state index >= 15 is 0 Å². The van der Waals surface area contributed by atoms with E-state index in [2.05, 4.69) is 4.74 Å². The second kappa shape index (κ2) is 6.17. The van der Waals surface area contributed by atoms with E-state index in [4.69, 9.17) is 0 Å². The molecule has 1 aromatic carbocycles. The van der Waals surface area contributed by atoms with Gasteiger partial charge in [-0.25, -0.2) is 0 Å². The number of nitrogens with zero attached hydrogens (tertiary/aromatic N) is 2. The Bertz CT molecular complexity index is 486. The van der Waals surface area contributed by atoms with Crippen LogP contribution in [0.15, 0.2) is 18.2 Å². The van der Waals surface area contributed by atoms with Crippen LogP contribution in [0.25, 0.3) is 0 Å². The van der Waals surface area contributed by atoms with E-state index in [1.165, 1.54) is 13.2 Å². The molecular formula is C13H18N2O4. The first-order valence-electron chi connectivity index (χ1n) is 5.96.